The molecule has 5 atom stereocenters. The van der Waals surface area contributed by atoms with Gasteiger partial charge in [-0.15, -0.1) is 0 Å². The highest BCUT2D eigenvalue weighted by Gasteiger charge is 2.54. The Labute approximate surface area is 203 Å². The Kier molecular flexibility index (Phi) is 5.48. The van der Waals surface area contributed by atoms with Crippen molar-refractivity contribution in [2.24, 2.45) is 5.92 Å². The summed E-state index contributed by atoms with van der Waals surface area (Å²) in [5.74, 6) is -1.63. The van der Waals surface area contributed by atoms with Gasteiger partial charge in [0.25, 0.3) is 5.91 Å². The van der Waals surface area contributed by atoms with Crippen LogP contribution in [0.1, 0.15) is 42.7 Å². The molecule has 2 bridgehead atoms. The number of fused-ring (bicyclic) bond motifs is 5. The van der Waals surface area contributed by atoms with E-state index in [2.05, 4.69) is 29.6 Å². The van der Waals surface area contributed by atoms with Gasteiger partial charge in [0.1, 0.15) is 6.61 Å². The molecular formula is C27H28N2O6. The maximum Gasteiger partial charge on any atom is 0.407 e. The number of alkyl carbamates (subject to hydrolysis) is 1. The second kappa shape index (κ2) is 8.68. The monoisotopic (exact) mass is 476 g/mol. The second-order valence-electron chi connectivity index (χ2n) is 9.88. The first-order valence-electron chi connectivity index (χ1n) is 12.3. The Hall–Kier alpha value is -3.39. The number of carbonyl (C=O) groups is 3. The van der Waals surface area contributed by atoms with Crippen LogP contribution in [-0.4, -0.2) is 65.4 Å². The zero-order valence-corrected chi connectivity index (χ0v) is 19.3. The molecule has 0 aromatic heterocycles. The summed E-state index contributed by atoms with van der Waals surface area (Å²) in [6, 6.07) is 15.4. The number of nitrogens with one attached hydrogen (secondary N) is 1. The quantitative estimate of drug-likeness (QED) is 0.687. The van der Waals surface area contributed by atoms with E-state index in [1.165, 1.54) is 0 Å². The van der Waals surface area contributed by atoms with E-state index in [0.717, 1.165) is 28.7 Å². The van der Waals surface area contributed by atoms with E-state index < -0.39 is 30.1 Å². The molecule has 2 aromatic rings. The number of aliphatic carboxylic acids is 1. The zero-order chi connectivity index (χ0) is 24.1. The molecule has 0 spiro atoms. The van der Waals surface area contributed by atoms with Gasteiger partial charge in [0, 0.05) is 24.6 Å². The molecule has 0 radical (unpaired) electrons. The molecule has 0 saturated carbocycles. The first-order chi connectivity index (χ1) is 17.0. The number of nitrogens with zero attached hydrogens (tertiary/aromatic N) is 1. The van der Waals surface area contributed by atoms with E-state index in [1.54, 1.807) is 4.90 Å². The number of hydrogen-bond donors (Lipinski definition) is 2. The average Bonchev–Trinajstić information content (AvgIpc) is 3.64. The van der Waals surface area contributed by atoms with Crippen LogP contribution in [0, 0.1) is 5.92 Å². The van der Waals surface area contributed by atoms with Gasteiger partial charge in [-0.3, -0.25) is 9.59 Å². The van der Waals surface area contributed by atoms with Crippen LogP contribution in [0.15, 0.2) is 48.5 Å². The summed E-state index contributed by atoms with van der Waals surface area (Å²) in [5, 5.41) is 12.3. The second-order valence-corrected chi connectivity index (χ2v) is 9.88. The standard InChI is InChI=1S/C27H28N2O6/c30-25(29-15-9-10-23(29)20(13-15)26(31)32)24-22(11-12-34-24)28-27(33)35-14-21-18-7-3-1-5-16(18)17-6-2-4-8-19(17)21/h1-8,15,20-24H,9-14H2,(H,28,33)(H,31,32)/t15-,20+,22-,23+,24+/m0/s1. The lowest BCUT2D eigenvalue weighted by Gasteiger charge is -2.28. The molecule has 6 rings (SSSR count). The van der Waals surface area contributed by atoms with Crippen molar-refractivity contribution < 1.29 is 29.0 Å². The van der Waals surface area contributed by atoms with Crippen LogP contribution in [0.4, 0.5) is 4.79 Å². The molecule has 1 aliphatic carbocycles. The summed E-state index contributed by atoms with van der Waals surface area (Å²) < 4.78 is 11.4. The van der Waals surface area contributed by atoms with Crippen LogP contribution >= 0.6 is 0 Å². The molecule has 0 unspecified atom stereocenters. The smallest absolute Gasteiger partial charge is 0.407 e. The fourth-order valence-corrected chi connectivity index (χ4v) is 6.52. The van der Waals surface area contributed by atoms with Gasteiger partial charge in [0.05, 0.1) is 12.0 Å². The highest BCUT2D eigenvalue weighted by atomic mass is 16.6. The van der Waals surface area contributed by atoms with E-state index in [1.807, 2.05) is 24.3 Å². The summed E-state index contributed by atoms with van der Waals surface area (Å²) in [5.41, 5.74) is 4.59. The van der Waals surface area contributed by atoms with E-state index in [4.69, 9.17) is 9.47 Å². The molecule has 35 heavy (non-hydrogen) atoms. The summed E-state index contributed by atoms with van der Waals surface area (Å²) in [6.07, 6.45) is 1.12. The average molecular weight is 477 g/mol. The van der Waals surface area contributed by atoms with Gasteiger partial charge in [-0.1, -0.05) is 48.5 Å². The number of carboxylic acid groups (broad SMARTS) is 1. The van der Waals surface area contributed by atoms with Crippen molar-refractivity contribution in [1.82, 2.24) is 10.2 Å². The van der Waals surface area contributed by atoms with Crippen molar-refractivity contribution in [2.75, 3.05) is 13.2 Å². The minimum atomic E-state index is -0.851. The number of benzene rings is 2. The lowest BCUT2D eigenvalue weighted by molar-refractivity contribution is -0.145. The number of carbonyl (C=O) groups excluding carboxylic acids is 2. The van der Waals surface area contributed by atoms with E-state index >= 15 is 0 Å². The van der Waals surface area contributed by atoms with Crippen LogP contribution < -0.4 is 5.32 Å². The molecular weight excluding hydrogens is 448 g/mol. The van der Waals surface area contributed by atoms with Gasteiger partial charge in [-0.05, 0) is 47.9 Å². The number of amides is 2. The van der Waals surface area contributed by atoms with E-state index in [-0.39, 0.29) is 30.5 Å². The fourth-order valence-electron chi connectivity index (χ4n) is 6.52. The molecule has 8 nitrogen and oxygen atoms in total. The molecule has 3 heterocycles. The number of hydrogen-bond acceptors (Lipinski definition) is 5. The third-order valence-corrected chi connectivity index (χ3v) is 8.09. The summed E-state index contributed by atoms with van der Waals surface area (Å²) in [7, 11) is 0. The first-order valence-corrected chi connectivity index (χ1v) is 12.3. The molecule has 3 fully saturated rings. The predicted octanol–water partition coefficient (Wildman–Crippen LogP) is 3.15. The van der Waals surface area contributed by atoms with Crippen molar-refractivity contribution in [2.45, 2.75) is 55.8 Å². The molecule has 3 aliphatic heterocycles. The SMILES string of the molecule is O=C(N[C@H]1CCO[C@H]1C(=O)N1[C@H]2CC[C@@H]1[C@H](C(=O)O)C2)OCC1c2ccccc2-c2ccccc21. The Balaban J connectivity index is 1.10. The fraction of sp³-hybridized carbons (Fsp3) is 0.444. The maximum atomic E-state index is 13.3. The molecule has 2 aromatic carbocycles. The van der Waals surface area contributed by atoms with Gasteiger partial charge in [-0.2, -0.15) is 0 Å². The minimum Gasteiger partial charge on any atom is -0.481 e. The number of rotatable bonds is 5. The van der Waals surface area contributed by atoms with Crippen molar-refractivity contribution in [3.63, 3.8) is 0 Å². The molecule has 2 amide bonds. The predicted molar refractivity (Wildman–Crippen MR) is 126 cm³/mol. The Morgan fingerprint density at radius 2 is 1.69 bits per heavy atom. The van der Waals surface area contributed by atoms with Gasteiger partial charge in [-0.25, -0.2) is 4.79 Å². The summed E-state index contributed by atoms with van der Waals surface area (Å²) in [6.45, 7) is 0.554. The zero-order valence-electron chi connectivity index (χ0n) is 19.3. The topological polar surface area (TPSA) is 105 Å². The normalized spacial score (nSPS) is 28.6. The highest BCUT2D eigenvalue weighted by Crippen LogP contribution is 2.45. The van der Waals surface area contributed by atoms with Crippen molar-refractivity contribution >= 4 is 18.0 Å². The maximum absolute atomic E-state index is 13.3. The van der Waals surface area contributed by atoms with Crippen molar-refractivity contribution in [3.8, 4) is 11.1 Å². The molecule has 182 valence electrons. The molecule has 3 saturated heterocycles. The third-order valence-electron chi connectivity index (χ3n) is 8.09. The van der Waals surface area contributed by atoms with Crippen LogP contribution in [0.2, 0.25) is 0 Å². The van der Waals surface area contributed by atoms with Gasteiger partial charge in [0.15, 0.2) is 6.10 Å². The summed E-state index contributed by atoms with van der Waals surface area (Å²) in [4.78, 5) is 39.4. The molecule has 2 N–H and O–H groups in total. The molecule has 4 aliphatic rings. The van der Waals surface area contributed by atoms with Crippen LogP contribution in [0.5, 0.6) is 0 Å². The third kappa shape index (κ3) is 3.67. The lowest BCUT2D eigenvalue weighted by Crippen LogP contribution is -2.51. The van der Waals surface area contributed by atoms with Crippen LogP contribution in [-0.2, 0) is 19.1 Å². The van der Waals surface area contributed by atoms with Crippen LogP contribution in [0.3, 0.4) is 0 Å². The van der Waals surface area contributed by atoms with E-state index in [0.29, 0.717) is 25.9 Å². The van der Waals surface area contributed by atoms with Crippen LogP contribution in [0.25, 0.3) is 11.1 Å². The first kappa shape index (κ1) is 22.1. The Morgan fingerprint density at radius 1 is 1.00 bits per heavy atom. The lowest BCUT2D eigenvalue weighted by atomic mass is 9.89. The Bertz CT molecular complexity index is 1140. The van der Waals surface area contributed by atoms with Gasteiger partial charge >= 0.3 is 12.1 Å². The number of ether oxygens (including phenoxy) is 2. The van der Waals surface area contributed by atoms with Gasteiger partial charge in [0.2, 0.25) is 0 Å². The largest absolute Gasteiger partial charge is 0.481 e. The molecule has 8 heteroatoms. The van der Waals surface area contributed by atoms with Crippen molar-refractivity contribution in [1.29, 1.82) is 0 Å². The minimum absolute atomic E-state index is 0.0430. The highest BCUT2D eigenvalue weighted by molar-refractivity contribution is 5.86. The Morgan fingerprint density at radius 3 is 2.34 bits per heavy atom. The summed E-state index contributed by atoms with van der Waals surface area (Å²) >= 11 is 0. The number of carboxylic acids is 1. The van der Waals surface area contributed by atoms with Gasteiger partial charge < -0.3 is 24.8 Å². The van der Waals surface area contributed by atoms with E-state index in [9.17, 15) is 19.5 Å². The van der Waals surface area contributed by atoms with Crippen molar-refractivity contribution in [3.05, 3.63) is 59.7 Å².